The molecule has 24 heavy (non-hydrogen) atoms. The molecule has 3 atom stereocenters. The zero-order chi connectivity index (χ0) is 16.9. The summed E-state index contributed by atoms with van der Waals surface area (Å²) < 4.78 is 16.5. The summed E-state index contributed by atoms with van der Waals surface area (Å²) in [4.78, 5) is 16.7. The van der Waals surface area contributed by atoms with Crippen molar-refractivity contribution in [2.75, 3.05) is 34.0 Å². The molecular formula is C18H22N2O4. The first-order valence-corrected chi connectivity index (χ1v) is 7.99. The van der Waals surface area contributed by atoms with Crippen LogP contribution in [0.5, 0.6) is 0 Å². The summed E-state index contributed by atoms with van der Waals surface area (Å²) in [5.74, 6) is -0.103. The first-order valence-electron chi connectivity index (χ1n) is 7.99. The summed E-state index contributed by atoms with van der Waals surface area (Å²) in [6, 6.07) is 9.57. The van der Waals surface area contributed by atoms with Gasteiger partial charge in [-0.2, -0.15) is 0 Å². The molecule has 1 amide bonds. The largest absolute Gasteiger partial charge is 0.378 e. The zero-order valence-corrected chi connectivity index (χ0v) is 13.9. The van der Waals surface area contributed by atoms with Crippen molar-refractivity contribution in [3.63, 3.8) is 0 Å². The molecule has 3 rings (SSSR count). The number of carbonyl (C=O) groups is 1. The number of carbonyl (C=O) groups excluding carboxylic acids is 1. The number of amides is 1. The molecule has 128 valence electrons. The minimum atomic E-state index is -0.150. The van der Waals surface area contributed by atoms with Gasteiger partial charge in [-0.25, -0.2) is 0 Å². The zero-order valence-electron chi connectivity index (χ0n) is 13.9. The predicted octanol–water partition coefficient (Wildman–Crippen LogP) is 1.64. The molecule has 1 saturated heterocycles. The standard InChI is InChI=1S/C18H22N2O4/c1-22-16-11-24-10-14(17(16)23-2)9-20-18(21)13-7-12-5-3-4-6-15(12)19-8-13/h3-8,14,16-17H,9-11H2,1-2H3,(H,20,21)/t14-,16-,17+/m1/s1. The number of hydrogen-bond acceptors (Lipinski definition) is 5. The lowest BCUT2D eigenvalue weighted by Crippen LogP contribution is -2.50. The molecule has 0 saturated carbocycles. The van der Waals surface area contributed by atoms with E-state index in [9.17, 15) is 4.79 Å². The van der Waals surface area contributed by atoms with Gasteiger partial charge in [0.25, 0.3) is 5.91 Å². The SMILES string of the molecule is CO[C@H]1[C@H](CNC(=O)c2cnc3ccccc3c2)COC[C@H]1OC. The maximum Gasteiger partial charge on any atom is 0.252 e. The predicted molar refractivity (Wildman–Crippen MR) is 90.0 cm³/mol. The molecule has 6 heteroatoms. The third kappa shape index (κ3) is 3.56. The van der Waals surface area contributed by atoms with Crippen molar-refractivity contribution in [2.45, 2.75) is 12.2 Å². The second-order valence-electron chi connectivity index (χ2n) is 5.90. The van der Waals surface area contributed by atoms with E-state index in [4.69, 9.17) is 14.2 Å². The van der Waals surface area contributed by atoms with Crippen molar-refractivity contribution in [3.8, 4) is 0 Å². The van der Waals surface area contributed by atoms with Gasteiger partial charge < -0.3 is 19.5 Å². The van der Waals surface area contributed by atoms with Crippen LogP contribution in [0.25, 0.3) is 10.9 Å². The molecule has 1 aromatic heterocycles. The van der Waals surface area contributed by atoms with Gasteiger partial charge in [0.2, 0.25) is 0 Å². The third-order valence-electron chi connectivity index (χ3n) is 4.40. The number of methoxy groups -OCH3 is 2. The van der Waals surface area contributed by atoms with Crippen LogP contribution in [0.3, 0.4) is 0 Å². The first kappa shape index (κ1) is 16.8. The normalized spacial score (nSPS) is 24.0. The Bertz CT molecular complexity index is 706. The molecule has 0 unspecified atom stereocenters. The number of ether oxygens (including phenoxy) is 3. The van der Waals surface area contributed by atoms with Gasteiger partial charge >= 0.3 is 0 Å². The Balaban J connectivity index is 1.65. The summed E-state index contributed by atoms with van der Waals surface area (Å²) in [6.45, 7) is 1.51. The van der Waals surface area contributed by atoms with E-state index in [2.05, 4.69) is 10.3 Å². The van der Waals surface area contributed by atoms with Gasteiger partial charge in [0.1, 0.15) is 6.10 Å². The van der Waals surface area contributed by atoms with Crippen molar-refractivity contribution < 1.29 is 19.0 Å². The van der Waals surface area contributed by atoms with Crippen LogP contribution in [0.2, 0.25) is 0 Å². The molecule has 1 aliphatic rings. The van der Waals surface area contributed by atoms with Gasteiger partial charge in [0.05, 0.1) is 30.4 Å². The highest BCUT2D eigenvalue weighted by Gasteiger charge is 2.34. The summed E-state index contributed by atoms with van der Waals surface area (Å²) in [5.41, 5.74) is 1.42. The van der Waals surface area contributed by atoms with E-state index in [0.29, 0.717) is 25.3 Å². The number of nitrogens with zero attached hydrogens (tertiary/aromatic N) is 1. The van der Waals surface area contributed by atoms with Crippen molar-refractivity contribution in [3.05, 3.63) is 42.1 Å². The van der Waals surface area contributed by atoms with E-state index in [-0.39, 0.29) is 24.0 Å². The molecular weight excluding hydrogens is 308 g/mol. The second kappa shape index (κ2) is 7.70. The minimum absolute atomic E-state index is 0.0473. The number of fused-ring (bicyclic) bond motifs is 1. The lowest BCUT2D eigenvalue weighted by molar-refractivity contribution is -0.145. The first-order chi connectivity index (χ1) is 11.7. The Kier molecular flexibility index (Phi) is 5.40. The van der Waals surface area contributed by atoms with E-state index >= 15 is 0 Å². The molecule has 6 nitrogen and oxygen atoms in total. The van der Waals surface area contributed by atoms with Crippen LogP contribution in [0.15, 0.2) is 36.5 Å². The van der Waals surface area contributed by atoms with Gasteiger partial charge in [0, 0.05) is 38.3 Å². The summed E-state index contributed by atoms with van der Waals surface area (Å²) in [7, 11) is 3.30. The average Bonchev–Trinajstić information content (AvgIpc) is 2.65. The molecule has 1 aromatic carbocycles. The molecule has 0 bridgehead atoms. The monoisotopic (exact) mass is 330 g/mol. The molecule has 0 aliphatic carbocycles. The van der Waals surface area contributed by atoms with Crippen molar-refractivity contribution in [1.29, 1.82) is 0 Å². The van der Waals surface area contributed by atoms with Crippen LogP contribution in [-0.2, 0) is 14.2 Å². The van der Waals surface area contributed by atoms with E-state index in [1.54, 1.807) is 20.4 Å². The summed E-state index contributed by atoms with van der Waals surface area (Å²) in [6.07, 6.45) is 1.38. The maximum atomic E-state index is 12.4. The van der Waals surface area contributed by atoms with Crippen LogP contribution in [0.1, 0.15) is 10.4 Å². The van der Waals surface area contributed by atoms with Crippen LogP contribution in [0.4, 0.5) is 0 Å². The second-order valence-corrected chi connectivity index (χ2v) is 5.90. The minimum Gasteiger partial charge on any atom is -0.378 e. The third-order valence-corrected chi connectivity index (χ3v) is 4.40. The fraction of sp³-hybridized carbons (Fsp3) is 0.444. The van der Waals surface area contributed by atoms with Gasteiger partial charge in [-0.1, -0.05) is 18.2 Å². The Labute approximate surface area is 141 Å². The Morgan fingerprint density at radius 3 is 2.92 bits per heavy atom. The van der Waals surface area contributed by atoms with Gasteiger partial charge in [0.15, 0.2) is 0 Å². The van der Waals surface area contributed by atoms with Crippen molar-refractivity contribution in [2.24, 2.45) is 5.92 Å². The Morgan fingerprint density at radius 2 is 2.12 bits per heavy atom. The summed E-state index contributed by atoms with van der Waals surface area (Å²) >= 11 is 0. The van der Waals surface area contributed by atoms with Gasteiger partial charge in [-0.15, -0.1) is 0 Å². The smallest absolute Gasteiger partial charge is 0.252 e. The molecule has 1 fully saturated rings. The molecule has 0 radical (unpaired) electrons. The van der Waals surface area contributed by atoms with Crippen LogP contribution in [0, 0.1) is 5.92 Å². The van der Waals surface area contributed by atoms with Crippen molar-refractivity contribution >= 4 is 16.8 Å². The van der Waals surface area contributed by atoms with E-state index in [1.807, 2.05) is 30.3 Å². The highest BCUT2D eigenvalue weighted by molar-refractivity contribution is 5.97. The fourth-order valence-electron chi connectivity index (χ4n) is 3.07. The molecule has 2 aromatic rings. The molecule has 2 heterocycles. The van der Waals surface area contributed by atoms with Gasteiger partial charge in [-0.3, -0.25) is 9.78 Å². The molecule has 1 aliphatic heterocycles. The highest BCUT2D eigenvalue weighted by atomic mass is 16.6. The number of pyridine rings is 1. The Morgan fingerprint density at radius 1 is 1.29 bits per heavy atom. The number of rotatable bonds is 5. The van der Waals surface area contributed by atoms with E-state index < -0.39 is 0 Å². The molecule has 1 N–H and O–H groups in total. The van der Waals surface area contributed by atoms with Crippen LogP contribution < -0.4 is 5.32 Å². The van der Waals surface area contributed by atoms with Crippen LogP contribution >= 0.6 is 0 Å². The van der Waals surface area contributed by atoms with E-state index in [1.165, 1.54) is 0 Å². The van der Waals surface area contributed by atoms with Crippen molar-refractivity contribution in [1.82, 2.24) is 10.3 Å². The summed E-state index contributed by atoms with van der Waals surface area (Å²) in [5, 5.41) is 3.89. The number of benzene rings is 1. The number of hydrogen-bond donors (Lipinski definition) is 1. The van der Waals surface area contributed by atoms with Gasteiger partial charge in [-0.05, 0) is 12.1 Å². The number of para-hydroxylation sites is 1. The fourth-order valence-corrected chi connectivity index (χ4v) is 3.07. The Hall–Kier alpha value is -2.02. The maximum absolute atomic E-state index is 12.4. The topological polar surface area (TPSA) is 69.7 Å². The highest BCUT2D eigenvalue weighted by Crippen LogP contribution is 2.20. The lowest BCUT2D eigenvalue weighted by atomic mass is 9.96. The van der Waals surface area contributed by atoms with E-state index in [0.717, 1.165) is 10.9 Å². The number of nitrogens with one attached hydrogen (secondary N) is 1. The lowest BCUT2D eigenvalue weighted by Gasteiger charge is -2.36. The molecule has 0 spiro atoms. The van der Waals surface area contributed by atoms with Crippen LogP contribution in [-0.4, -0.2) is 57.1 Å². The average molecular weight is 330 g/mol. The number of aromatic nitrogens is 1. The quantitative estimate of drug-likeness (QED) is 0.902.